The number of sulfonamides is 1. The van der Waals surface area contributed by atoms with Crippen molar-refractivity contribution in [3.8, 4) is 0 Å². The predicted molar refractivity (Wildman–Crippen MR) is 108 cm³/mol. The predicted octanol–water partition coefficient (Wildman–Crippen LogP) is 3.11. The number of carbonyl (C=O) groups excluding carboxylic acids is 1. The lowest BCUT2D eigenvalue weighted by Crippen LogP contribution is -2.40. The Hall–Kier alpha value is -2.74. The number of fused-ring (bicyclic) bond motifs is 1. The Morgan fingerprint density at radius 2 is 1.64 bits per heavy atom. The van der Waals surface area contributed by atoms with Crippen molar-refractivity contribution in [1.82, 2.24) is 4.31 Å². The zero-order valence-corrected chi connectivity index (χ0v) is 16.0. The number of hydrogen-bond acceptors (Lipinski definition) is 4. The molecule has 144 valence electrons. The molecule has 1 saturated heterocycles. The van der Waals surface area contributed by atoms with Crippen LogP contribution in [0.1, 0.15) is 10.4 Å². The van der Waals surface area contributed by atoms with Gasteiger partial charge in [-0.3, -0.25) is 4.79 Å². The molecule has 6 nitrogen and oxygen atoms in total. The molecule has 0 unspecified atom stereocenters. The van der Waals surface area contributed by atoms with Gasteiger partial charge in [-0.25, -0.2) is 8.42 Å². The Kier molecular flexibility index (Phi) is 5.13. The highest BCUT2D eigenvalue weighted by Gasteiger charge is 2.26. The monoisotopic (exact) mass is 396 g/mol. The zero-order valence-electron chi connectivity index (χ0n) is 15.2. The molecule has 0 atom stereocenters. The first-order chi connectivity index (χ1) is 13.5. The van der Waals surface area contributed by atoms with Crippen LogP contribution in [0.25, 0.3) is 10.8 Å². The van der Waals surface area contributed by atoms with E-state index in [2.05, 4.69) is 5.32 Å². The highest BCUT2D eigenvalue weighted by Crippen LogP contribution is 2.22. The summed E-state index contributed by atoms with van der Waals surface area (Å²) < 4.78 is 32.2. The lowest BCUT2D eigenvalue weighted by Gasteiger charge is -2.26. The topological polar surface area (TPSA) is 75.7 Å². The molecule has 0 bridgehead atoms. The van der Waals surface area contributed by atoms with Crippen LogP contribution in [0.15, 0.2) is 71.6 Å². The maximum absolute atomic E-state index is 12.8. The Bertz CT molecular complexity index is 1120. The van der Waals surface area contributed by atoms with Crippen molar-refractivity contribution in [1.29, 1.82) is 0 Å². The number of anilines is 1. The third-order valence-corrected chi connectivity index (χ3v) is 6.61. The fourth-order valence-corrected chi connectivity index (χ4v) is 4.66. The van der Waals surface area contributed by atoms with E-state index in [4.69, 9.17) is 4.74 Å². The van der Waals surface area contributed by atoms with Crippen molar-refractivity contribution in [2.45, 2.75) is 4.90 Å². The van der Waals surface area contributed by atoms with E-state index in [1.165, 1.54) is 16.4 Å². The molecule has 7 heteroatoms. The van der Waals surface area contributed by atoms with Gasteiger partial charge >= 0.3 is 0 Å². The lowest BCUT2D eigenvalue weighted by molar-refractivity contribution is 0.0730. The Morgan fingerprint density at radius 1 is 0.893 bits per heavy atom. The van der Waals surface area contributed by atoms with Gasteiger partial charge in [0.1, 0.15) is 0 Å². The van der Waals surface area contributed by atoms with E-state index in [0.29, 0.717) is 37.6 Å². The van der Waals surface area contributed by atoms with Crippen LogP contribution < -0.4 is 5.32 Å². The molecule has 0 radical (unpaired) electrons. The average molecular weight is 396 g/mol. The van der Waals surface area contributed by atoms with Gasteiger partial charge in [-0.2, -0.15) is 4.31 Å². The highest BCUT2D eigenvalue weighted by molar-refractivity contribution is 7.89. The van der Waals surface area contributed by atoms with Gasteiger partial charge in [0, 0.05) is 24.3 Å². The van der Waals surface area contributed by atoms with Crippen LogP contribution in [0.4, 0.5) is 5.69 Å². The fourth-order valence-electron chi connectivity index (χ4n) is 3.20. The Labute approximate surface area is 163 Å². The number of morpholine rings is 1. The number of nitrogens with zero attached hydrogens (tertiary/aromatic N) is 1. The van der Waals surface area contributed by atoms with Crippen molar-refractivity contribution >= 4 is 32.4 Å². The van der Waals surface area contributed by atoms with Gasteiger partial charge in [0.25, 0.3) is 5.91 Å². The summed E-state index contributed by atoms with van der Waals surface area (Å²) in [7, 11) is -3.61. The summed E-state index contributed by atoms with van der Waals surface area (Å²) in [6, 6.07) is 19.6. The van der Waals surface area contributed by atoms with Crippen molar-refractivity contribution < 1.29 is 17.9 Å². The second-order valence-electron chi connectivity index (χ2n) is 6.56. The molecule has 1 fully saturated rings. The number of nitrogens with one attached hydrogen (secondary N) is 1. The van der Waals surface area contributed by atoms with Gasteiger partial charge in [-0.05, 0) is 41.1 Å². The average Bonchev–Trinajstić information content (AvgIpc) is 2.74. The van der Waals surface area contributed by atoms with Crippen LogP contribution in [-0.2, 0) is 14.8 Å². The summed E-state index contributed by atoms with van der Waals surface area (Å²) in [6.45, 7) is 1.43. The summed E-state index contributed by atoms with van der Waals surface area (Å²) in [5.74, 6) is -0.285. The lowest BCUT2D eigenvalue weighted by atomic mass is 10.1. The largest absolute Gasteiger partial charge is 0.379 e. The molecule has 1 heterocycles. The summed E-state index contributed by atoms with van der Waals surface area (Å²) in [6.07, 6.45) is 0. The minimum absolute atomic E-state index is 0.158. The van der Waals surface area contributed by atoms with Gasteiger partial charge < -0.3 is 10.1 Å². The molecule has 1 amide bonds. The molecule has 0 saturated carbocycles. The summed E-state index contributed by atoms with van der Waals surface area (Å²) in [5, 5.41) is 4.82. The van der Waals surface area contributed by atoms with E-state index in [1.54, 1.807) is 18.2 Å². The molecule has 1 aliphatic rings. The SMILES string of the molecule is O=C(Nc1cccc(S(=O)(=O)N2CCOCC2)c1)c1ccc2ccccc2c1. The third kappa shape index (κ3) is 3.77. The first-order valence-electron chi connectivity index (χ1n) is 9.02. The summed E-state index contributed by atoms with van der Waals surface area (Å²) >= 11 is 0. The van der Waals surface area contributed by atoms with Crippen LogP contribution >= 0.6 is 0 Å². The first kappa shape index (κ1) is 18.6. The van der Waals surface area contributed by atoms with E-state index < -0.39 is 10.0 Å². The van der Waals surface area contributed by atoms with Crippen molar-refractivity contribution in [3.63, 3.8) is 0 Å². The van der Waals surface area contributed by atoms with Crippen molar-refractivity contribution in [2.24, 2.45) is 0 Å². The maximum atomic E-state index is 12.8. The van der Waals surface area contributed by atoms with Crippen LogP contribution in [0.2, 0.25) is 0 Å². The molecule has 1 aliphatic heterocycles. The molecule has 1 N–H and O–H groups in total. The molecule has 0 aromatic heterocycles. The van der Waals surface area contributed by atoms with Gasteiger partial charge in [-0.1, -0.05) is 36.4 Å². The Morgan fingerprint density at radius 3 is 2.43 bits per heavy atom. The molecule has 28 heavy (non-hydrogen) atoms. The Balaban J connectivity index is 1.56. The van der Waals surface area contributed by atoms with E-state index >= 15 is 0 Å². The minimum Gasteiger partial charge on any atom is -0.379 e. The van der Waals surface area contributed by atoms with Crippen LogP contribution in [0.3, 0.4) is 0 Å². The molecular weight excluding hydrogens is 376 g/mol. The summed E-state index contributed by atoms with van der Waals surface area (Å²) in [4.78, 5) is 12.8. The molecular formula is C21H20N2O4S. The fraction of sp³-hybridized carbons (Fsp3) is 0.190. The molecule has 3 aromatic carbocycles. The van der Waals surface area contributed by atoms with Crippen molar-refractivity contribution in [3.05, 3.63) is 72.3 Å². The first-order valence-corrected chi connectivity index (χ1v) is 10.5. The number of carbonyl (C=O) groups is 1. The standard InChI is InChI=1S/C21H20N2O4S/c24-21(18-9-8-16-4-1-2-5-17(16)14-18)22-19-6-3-7-20(15-19)28(25,26)23-10-12-27-13-11-23/h1-9,14-15H,10-13H2,(H,22,24). The normalized spacial score (nSPS) is 15.4. The smallest absolute Gasteiger partial charge is 0.255 e. The summed E-state index contributed by atoms with van der Waals surface area (Å²) in [5.41, 5.74) is 0.952. The maximum Gasteiger partial charge on any atom is 0.255 e. The minimum atomic E-state index is -3.61. The van der Waals surface area contributed by atoms with E-state index in [1.807, 2.05) is 36.4 Å². The van der Waals surface area contributed by atoms with Gasteiger partial charge in [0.2, 0.25) is 10.0 Å². The second-order valence-corrected chi connectivity index (χ2v) is 8.50. The van der Waals surface area contributed by atoms with Crippen LogP contribution in [-0.4, -0.2) is 44.9 Å². The van der Waals surface area contributed by atoms with E-state index in [9.17, 15) is 13.2 Å². The number of hydrogen-bond donors (Lipinski definition) is 1. The second kappa shape index (κ2) is 7.71. The number of benzene rings is 3. The zero-order chi connectivity index (χ0) is 19.6. The molecule has 0 spiro atoms. The van der Waals surface area contributed by atoms with E-state index in [-0.39, 0.29) is 10.8 Å². The van der Waals surface area contributed by atoms with Gasteiger partial charge in [-0.15, -0.1) is 0 Å². The van der Waals surface area contributed by atoms with E-state index in [0.717, 1.165) is 10.8 Å². The number of rotatable bonds is 4. The highest BCUT2D eigenvalue weighted by atomic mass is 32.2. The van der Waals surface area contributed by atoms with Crippen LogP contribution in [0, 0.1) is 0 Å². The molecule has 0 aliphatic carbocycles. The van der Waals surface area contributed by atoms with Crippen molar-refractivity contribution in [2.75, 3.05) is 31.6 Å². The van der Waals surface area contributed by atoms with Crippen LogP contribution in [0.5, 0.6) is 0 Å². The quantitative estimate of drug-likeness (QED) is 0.735. The van der Waals surface area contributed by atoms with Gasteiger partial charge in [0.15, 0.2) is 0 Å². The molecule has 3 aromatic rings. The molecule has 4 rings (SSSR count). The third-order valence-electron chi connectivity index (χ3n) is 4.71. The van der Waals surface area contributed by atoms with Gasteiger partial charge in [0.05, 0.1) is 18.1 Å². The number of amides is 1. The number of ether oxygens (including phenoxy) is 1.